The Morgan fingerprint density at radius 1 is 1.26 bits per heavy atom. The standard InChI is InChI=1S/C13H13N3OS.HI/c1-18-13(14)16-15-8-11-10-5-3-2-4-9(10)6-7-12(11)17;/h2-8,17H,1H3,(H2,14,16);1H. The van der Waals surface area contributed by atoms with Crippen molar-refractivity contribution in [1.29, 1.82) is 0 Å². The van der Waals surface area contributed by atoms with Crippen molar-refractivity contribution in [2.75, 3.05) is 6.26 Å². The van der Waals surface area contributed by atoms with Gasteiger partial charge in [-0.2, -0.15) is 5.10 Å². The molecule has 0 unspecified atom stereocenters. The Labute approximate surface area is 132 Å². The van der Waals surface area contributed by atoms with Gasteiger partial charge in [-0.15, -0.1) is 29.1 Å². The lowest BCUT2D eigenvalue weighted by Crippen LogP contribution is -2.03. The van der Waals surface area contributed by atoms with E-state index in [4.69, 9.17) is 5.73 Å². The predicted octanol–water partition coefficient (Wildman–Crippen LogP) is 3.18. The molecule has 2 aromatic rings. The first-order chi connectivity index (χ1) is 8.72. The molecule has 0 fully saturated rings. The van der Waals surface area contributed by atoms with Gasteiger partial charge in [-0.05, 0) is 23.1 Å². The maximum atomic E-state index is 9.85. The van der Waals surface area contributed by atoms with Crippen LogP contribution in [0.5, 0.6) is 5.75 Å². The Kier molecular flexibility index (Phi) is 6.10. The molecule has 0 aliphatic rings. The highest BCUT2D eigenvalue weighted by Gasteiger charge is 2.03. The number of thioether (sulfide) groups is 1. The average Bonchev–Trinajstić information content (AvgIpc) is 2.41. The zero-order valence-electron chi connectivity index (χ0n) is 10.3. The normalized spacial score (nSPS) is 11.7. The topological polar surface area (TPSA) is 71.0 Å². The van der Waals surface area contributed by atoms with E-state index in [-0.39, 0.29) is 29.7 Å². The maximum Gasteiger partial charge on any atom is 0.180 e. The van der Waals surface area contributed by atoms with E-state index in [0.29, 0.717) is 10.7 Å². The van der Waals surface area contributed by atoms with E-state index in [0.717, 1.165) is 10.8 Å². The van der Waals surface area contributed by atoms with E-state index < -0.39 is 0 Å². The summed E-state index contributed by atoms with van der Waals surface area (Å²) in [6.07, 6.45) is 3.34. The van der Waals surface area contributed by atoms with Crippen LogP contribution in [0, 0.1) is 0 Å². The fourth-order valence-corrected chi connectivity index (χ4v) is 1.73. The maximum absolute atomic E-state index is 9.85. The molecule has 0 aliphatic carbocycles. The monoisotopic (exact) mass is 387 g/mol. The van der Waals surface area contributed by atoms with E-state index in [1.165, 1.54) is 18.0 Å². The van der Waals surface area contributed by atoms with Crippen LogP contribution in [0.2, 0.25) is 0 Å². The lowest BCUT2D eigenvalue weighted by Gasteiger charge is -2.03. The Hall–Kier alpha value is -1.28. The minimum absolute atomic E-state index is 0. The van der Waals surface area contributed by atoms with Gasteiger partial charge in [0, 0.05) is 5.56 Å². The first kappa shape index (κ1) is 15.8. The molecule has 0 radical (unpaired) electrons. The summed E-state index contributed by atoms with van der Waals surface area (Å²) in [4.78, 5) is 0. The van der Waals surface area contributed by atoms with E-state index in [1.807, 2.05) is 36.6 Å². The highest BCUT2D eigenvalue weighted by atomic mass is 127. The van der Waals surface area contributed by atoms with Crippen LogP contribution in [-0.4, -0.2) is 22.7 Å². The van der Waals surface area contributed by atoms with E-state index in [9.17, 15) is 5.11 Å². The van der Waals surface area contributed by atoms with Crippen LogP contribution in [0.3, 0.4) is 0 Å². The summed E-state index contributed by atoms with van der Waals surface area (Å²) in [5, 5.41) is 19.9. The number of benzene rings is 2. The molecule has 0 saturated carbocycles. The zero-order valence-corrected chi connectivity index (χ0v) is 13.4. The second kappa shape index (κ2) is 7.34. The molecule has 4 nitrogen and oxygen atoms in total. The Bertz CT molecular complexity index is 628. The summed E-state index contributed by atoms with van der Waals surface area (Å²) in [5.74, 6) is 0.176. The lowest BCUT2D eigenvalue weighted by atomic mass is 10.0. The Morgan fingerprint density at radius 3 is 2.74 bits per heavy atom. The molecular formula is C13H14IN3OS. The summed E-state index contributed by atoms with van der Waals surface area (Å²) in [7, 11) is 0. The molecule has 0 bridgehead atoms. The van der Waals surface area contributed by atoms with Crippen LogP contribution < -0.4 is 5.73 Å². The van der Waals surface area contributed by atoms with Crippen molar-refractivity contribution >= 4 is 57.9 Å². The number of phenolic OH excluding ortho intramolecular Hbond substituents is 1. The molecule has 6 heteroatoms. The molecule has 19 heavy (non-hydrogen) atoms. The van der Waals surface area contributed by atoms with Crippen LogP contribution >= 0.6 is 35.7 Å². The fourth-order valence-electron chi connectivity index (χ4n) is 1.60. The van der Waals surface area contributed by atoms with Gasteiger partial charge in [0.05, 0.1) is 6.21 Å². The largest absolute Gasteiger partial charge is 0.507 e. The zero-order chi connectivity index (χ0) is 13.0. The van der Waals surface area contributed by atoms with Crippen LogP contribution in [0.25, 0.3) is 10.8 Å². The van der Waals surface area contributed by atoms with E-state index in [1.54, 1.807) is 6.07 Å². The van der Waals surface area contributed by atoms with Gasteiger partial charge < -0.3 is 10.8 Å². The minimum Gasteiger partial charge on any atom is -0.507 e. The van der Waals surface area contributed by atoms with Gasteiger partial charge in [0.2, 0.25) is 0 Å². The second-order valence-electron chi connectivity index (χ2n) is 3.61. The molecular weight excluding hydrogens is 373 g/mol. The molecule has 2 aromatic carbocycles. The summed E-state index contributed by atoms with van der Waals surface area (Å²) in [5.41, 5.74) is 6.17. The lowest BCUT2D eigenvalue weighted by molar-refractivity contribution is 0.475. The summed E-state index contributed by atoms with van der Waals surface area (Å²) >= 11 is 1.32. The molecule has 0 aromatic heterocycles. The quantitative estimate of drug-likeness (QED) is 0.360. The van der Waals surface area contributed by atoms with E-state index in [2.05, 4.69) is 10.2 Å². The number of aromatic hydroxyl groups is 1. The molecule has 0 aliphatic heterocycles. The predicted molar refractivity (Wildman–Crippen MR) is 93.8 cm³/mol. The van der Waals surface area contributed by atoms with Crippen LogP contribution in [0.4, 0.5) is 0 Å². The third kappa shape index (κ3) is 3.84. The fraction of sp³-hybridized carbons (Fsp3) is 0.0769. The minimum atomic E-state index is 0. The van der Waals surface area contributed by atoms with Gasteiger partial charge in [0.1, 0.15) is 5.75 Å². The molecule has 0 heterocycles. The van der Waals surface area contributed by atoms with Gasteiger partial charge in [0.25, 0.3) is 0 Å². The van der Waals surface area contributed by atoms with Crippen LogP contribution in [0.15, 0.2) is 46.6 Å². The van der Waals surface area contributed by atoms with Crippen molar-refractivity contribution in [2.24, 2.45) is 15.9 Å². The molecule has 0 amide bonds. The van der Waals surface area contributed by atoms with Crippen molar-refractivity contribution in [3.8, 4) is 5.75 Å². The van der Waals surface area contributed by atoms with Gasteiger partial charge >= 0.3 is 0 Å². The number of phenols is 1. The number of hydrogen-bond donors (Lipinski definition) is 2. The molecule has 0 atom stereocenters. The number of hydrogen-bond acceptors (Lipinski definition) is 4. The third-order valence-electron chi connectivity index (χ3n) is 2.50. The first-order valence-electron chi connectivity index (χ1n) is 5.33. The molecule has 100 valence electrons. The van der Waals surface area contributed by atoms with Gasteiger partial charge in [-0.1, -0.05) is 42.1 Å². The SMILES string of the molecule is CSC(N)=NN=Cc1c(O)ccc2ccccc12.I. The van der Waals surface area contributed by atoms with E-state index >= 15 is 0 Å². The van der Waals surface area contributed by atoms with Crippen LogP contribution in [0.1, 0.15) is 5.56 Å². The summed E-state index contributed by atoms with van der Waals surface area (Å²) in [6, 6.07) is 11.3. The van der Waals surface area contributed by atoms with Crippen molar-refractivity contribution in [3.63, 3.8) is 0 Å². The molecule has 0 saturated heterocycles. The van der Waals surface area contributed by atoms with Crippen molar-refractivity contribution in [2.45, 2.75) is 0 Å². The van der Waals surface area contributed by atoms with Crippen LogP contribution in [-0.2, 0) is 0 Å². The highest BCUT2D eigenvalue weighted by Crippen LogP contribution is 2.25. The number of amidine groups is 1. The number of rotatable bonds is 2. The highest BCUT2D eigenvalue weighted by molar-refractivity contribution is 14.0. The summed E-state index contributed by atoms with van der Waals surface area (Å²) < 4.78 is 0. The average molecular weight is 387 g/mol. The smallest absolute Gasteiger partial charge is 0.180 e. The second-order valence-corrected chi connectivity index (χ2v) is 4.43. The van der Waals surface area contributed by atoms with Gasteiger partial charge in [-0.25, -0.2) is 0 Å². The number of nitrogens with two attached hydrogens (primary N) is 1. The Morgan fingerprint density at radius 2 is 2.00 bits per heavy atom. The summed E-state index contributed by atoms with van der Waals surface area (Å²) in [6.45, 7) is 0. The molecule has 2 rings (SSSR count). The number of halogens is 1. The van der Waals surface area contributed by atoms with Gasteiger partial charge in [-0.3, -0.25) is 0 Å². The van der Waals surface area contributed by atoms with Gasteiger partial charge in [0.15, 0.2) is 5.17 Å². The van der Waals surface area contributed by atoms with Crippen molar-refractivity contribution < 1.29 is 5.11 Å². The Balaban J connectivity index is 0.00000180. The van der Waals surface area contributed by atoms with Crippen molar-refractivity contribution in [1.82, 2.24) is 0 Å². The third-order valence-corrected chi connectivity index (χ3v) is 3.00. The molecule has 0 spiro atoms. The first-order valence-corrected chi connectivity index (χ1v) is 6.56. The molecule has 3 N–H and O–H groups in total. The number of nitrogens with zero attached hydrogens (tertiary/aromatic N) is 2. The number of fused-ring (bicyclic) bond motifs is 1. The van der Waals surface area contributed by atoms with Crippen molar-refractivity contribution in [3.05, 3.63) is 42.0 Å².